The summed E-state index contributed by atoms with van der Waals surface area (Å²) in [6, 6.07) is 20.8. The number of carbonyl (C=O) groups is 1. The van der Waals surface area contributed by atoms with Crippen molar-refractivity contribution in [3.63, 3.8) is 0 Å². The van der Waals surface area contributed by atoms with Gasteiger partial charge in [-0.25, -0.2) is 9.79 Å². The van der Waals surface area contributed by atoms with Gasteiger partial charge in [0.25, 0.3) is 0 Å². The molecule has 4 rings (SSSR count). The zero-order chi connectivity index (χ0) is 23.9. The maximum absolute atomic E-state index is 12.3. The zero-order valence-electron chi connectivity index (χ0n) is 18.9. The summed E-state index contributed by atoms with van der Waals surface area (Å²) < 4.78 is 23.5. The molecule has 0 fully saturated rings. The Morgan fingerprint density at radius 3 is 2.44 bits per heavy atom. The third-order valence-corrected chi connectivity index (χ3v) is 5.48. The molecule has 0 spiro atoms. The summed E-state index contributed by atoms with van der Waals surface area (Å²) in [4.78, 5) is 16.7. The van der Waals surface area contributed by atoms with Crippen molar-refractivity contribution in [1.29, 1.82) is 0 Å². The summed E-state index contributed by atoms with van der Waals surface area (Å²) in [5.74, 6) is 1.70. The lowest BCUT2D eigenvalue weighted by Crippen LogP contribution is -2.10. The van der Waals surface area contributed by atoms with Gasteiger partial charge in [0.2, 0.25) is 5.90 Å². The van der Waals surface area contributed by atoms with Crippen molar-refractivity contribution < 1.29 is 23.7 Å². The maximum atomic E-state index is 12.3. The molecule has 0 amide bonds. The molecule has 1 heterocycles. The molecule has 0 aromatic heterocycles. The minimum absolute atomic E-state index is 0.216. The highest BCUT2D eigenvalue weighted by Gasteiger charge is 2.24. The van der Waals surface area contributed by atoms with Gasteiger partial charge in [-0.1, -0.05) is 35.9 Å². The van der Waals surface area contributed by atoms with Gasteiger partial charge in [-0.05, 0) is 77.8 Å². The van der Waals surface area contributed by atoms with Crippen LogP contribution < -0.4 is 14.2 Å². The van der Waals surface area contributed by atoms with Crippen molar-refractivity contribution in [3.05, 3.63) is 93.6 Å². The van der Waals surface area contributed by atoms with E-state index >= 15 is 0 Å². The molecule has 1 aliphatic rings. The van der Waals surface area contributed by atoms with Crippen LogP contribution in [0.4, 0.5) is 0 Å². The number of hydrogen-bond acceptors (Lipinski definition) is 6. The molecule has 3 aromatic carbocycles. The third kappa shape index (κ3) is 5.85. The van der Waals surface area contributed by atoms with Crippen LogP contribution in [-0.2, 0) is 9.53 Å². The van der Waals surface area contributed by atoms with Gasteiger partial charge in [0.15, 0.2) is 17.2 Å². The highest BCUT2D eigenvalue weighted by Crippen LogP contribution is 2.38. The van der Waals surface area contributed by atoms with Crippen LogP contribution in [0.5, 0.6) is 17.2 Å². The normalized spacial score (nSPS) is 14.0. The number of esters is 1. The molecule has 0 saturated heterocycles. The molecular formula is C27H24BrNO5. The first-order valence-electron chi connectivity index (χ1n) is 10.9. The second kappa shape index (κ2) is 11.0. The molecule has 3 aromatic rings. The van der Waals surface area contributed by atoms with Gasteiger partial charge in [-0.2, -0.15) is 0 Å². The summed E-state index contributed by atoms with van der Waals surface area (Å²) in [7, 11) is 0. The first-order valence-corrected chi connectivity index (χ1v) is 11.7. The number of halogens is 1. The number of aliphatic imine (C=N–C) groups is 1. The number of cyclic esters (lactones) is 1. The Hall–Kier alpha value is -3.58. The molecule has 0 aliphatic carbocycles. The van der Waals surface area contributed by atoms with Crippen molar-refractivity contribution >= 4 is 33.9 Å². The summed E-state index contributed by atoms with van der Waals surface area (Å²) in [5.41, 5.74) is 2.86. The van der Waals surface area contributed by atoms with Crippen LogP contribution in [0.15, 0.2) is 81.9 Å². The maximum Gasteiger partial charge on any atom is 0.363 e. The summed E-state index contributed by atoms with van der Waals surface area (Å²) >= 11 is 3.56. The SMILES string of the molecule is CCOc1cc(/C=C2\N=C(c3ccccc3)OC2=O)cc(Br)c1OCCOc1ccc(C)cc1. The minimum Gasteiger partial charge on any atom is -0.490 e. The highest BCUT2D eigenvalue weighted by molar-refractivity contribution is 9.10. The van der Waals surface area contributed by atoms with Gasteiger partial charge in [-0.15, -0.1) is 0 Å². The molecule has 0 N–H and O–H groups in total. The summed E-state index contributed by atoms with van der Waals surface area (Å²) in [6.45, 7) is 5.11. The summed E-state index contributed by atoms with van der Waals surface area (Å²) in [5, 5.41) is 0. The largest absolute Gasteiger partial charge is 0.490 e. The number of carbonyl (C=O) groups excluding carboxylic acids is 1. The lowest BCUT2D eigenvalue weighted by molar-refractivity contribution is -0.129. The van der Waals surface area contributed by atoms with Crippen molar-refractivity contribution in [2.24, 2.45) is 4.99 Å². The Bertz CT molecular complexity index is 1220. The van der Waals surface area contributed by atoms with E-state index in [4.69, 9.17) is 18.9 Å². The number of rotatable bonds is 9. The van der Waals surface area contributed by atoms with E-state index < -0.39 is 5.97 Å². The molecule has 1 aliphatic heterocycles. The Kier molecular flexibility index (Phi) is 7.65. The fraction of sp³-hybridized carbons (Fsp3) is 0.185. The zero-order valence-corrected chi connectivity index (χ0v) is 20.5. The third-order valence-electron chi connectivity index (χ3n) is 4.90. The van der Waals surface area contributed by atoms with E-state index in [2.05, 4.69) is 20.9 Å². The monoisotopic (exact) mass is 521 g/mol. The van der Waals surface area contributed by atoms with E-state index in [0.29, 0.717) is 35.8 Å². The van der Waals surface area contributed by atoms with Crippen LogP contribution in [-0.4, -0.2) is 31.7 Å². The first-order chi connectivity index (χ1) is 16.5. The van der Waals surface area contributed by atoms with Crippen LogP contribution >= 0.6 is 15.9 Å². The fourth-order valence-electron chi connectivity index (χ4n) is 3.28. The second-order valence-corrected chi connectivity index (χ2v) is 8.33. The van der Waals surface area contributed by atoms with E-state index in [9.17, 15) is 4.79 Å². The topological polar surface area (TPSA) is 66.4 Å². The minimum atomic E-state index is -0.499. The average molecular weight is 522 g/mol. The van der Waals surface area contributed by atoms with E-state index in [-0.39, 0.29) is 11.6 Å². The van der Waals surface area contributed by atoms with Crippen LogP contribution in [0, 0.1) is 6.92 Å². The smallest absolute Gasteiger partial charge is 0.363 e. The average Bonchev–Trinajstić information content (AvgIpc) is 3.20. The van der Waals surface area contributed by atoms with Gasteiger partial charge >= 0.3 is 5.97 Å². The van der Waals surface area contributed by atoms with Crippen LogP contribution in [0.25, 0.3) is 6.08 Å². The molecule has 7 heteroatoms. The second-order valence-electron chi connectivity index (χ2n) is 7.48. The number of ether oxygens (including phenoxy) is 4. The lowest BCUT2D eigenvalue weighted by atomic mass is 10.1. The lowest BCUT2D eigenvalue weighted by Gasteiger charge is -2.15. The first kappa shape index (κ1) is 23.6. The number of hydrogen-bond donors (Lipinski definition) is 0. The standard InChI is InChI=1S/C27H24BrNO5/c1-3-31-24-17-19(16-23-27(30)34-26(29-23)20-7-5-4-6-8-20)15-22(28)25(24)33-14-13-32-21-11-9-18(2)10-12-21/h4-12,15-17H,3,13-14H2,1-2H3/b23-16-. The van der Waals surface area contributed by atoms with E-state index in [0.717, 1.165) is 16.9 Å². The molecule has 0 radical (unpaired) electrons. The Balaban J connectivity index is 1.48. The van der Waals surface area contributed by atoms with Crippen LogP contribution in [0.3, 0.4) is 0 Å². The van der Waals surface area contributed by atoms with E-state index in [1.165, 1.54) is 5.56 Å². The summed E-state index contributed by atoms with van der Waals surface area (Å²) in [6.07, 6.45) is 1.66. The Labute approximate surface area is 207 Å². The predicted octanol–water partition coefficient (Wildman–Crippen LogP) is 5.96. The molecule has 34 heavy (non-hydrogen) atoms. The van der Waals surface area contributed by atoms with Crippen molar-refractivity contribution in [2.45, 2.75) is 13.8 Å². The molecule has 6 nitrogen and oxygen atoms in total. The van der Waals surface area contributed by atoms with Gasteiger partial charge in [0.05, 0.1) is 11.1 Å². The van der Waals surface area contributed by atoms with Gasteiger partial charge in [0.1, 0.15) is 19.0 Å². The predicted molar refractivity (Wildman–Crippen MR) is 135 cm³/mol. The Morgan fingerprint density at radius 2 is 1.71 bits per heavy atom. The van der Waals surface area contributed by atoms with Crippen LogP contribution in [0.2, 0.25) is 0 Å². The fourth-order valence-corrected chi connectivity index (χ4v) is 3.86. The number of nitrogens with zero attached hydrogens (tertiary/aromatic N) is 1. The molecular weight excluding hydrogens is 498 g/mol. The molecule has 0 bridgehead atoms. The van der Waals surface area contributed by atoms with Crippen molar-refractivity contribution in [1.82, 2.24) is 0 Å². The van der Waals surface area contributed by atoms with Crippen LogP contribution in [0.1, 0.15) is 23.6 Å². The van der Waals surface area contributed by atoms with Gasteiger partial charge in [-0.3, -0.25) is 0 Å². The van der Waals surface area contributed by atoms with Gasteiger partial charge < -0.3 is 18.9 Å². The molecule has 0 atom stereocenters. The Morgan fingerprint density at radius 1 is 0.971 bits per heavy atom. The van der Waals surface area contributed by atoms with E-state index in [1.807, 2.05) is 74.5 Å². The molecule has 0 unspecified atom stereocenters. The van der Waals surface area contributed by atoms with E-state index in [1.54, 1.807) is 12.1 Å². The quantitative estimate of drug-likeness (QED) is 0.197. The highest BCUT2D eigenvalue weighted by atomic mass is 79.9. The van der Waals surface area contributed by atoms with Crippen molar-refractivity contribution in [3.8, 4) is 17.2 Å². The van der Waals surface area contributed by atoms with Gasteiger partial charge in [0, 0.05) is 5.56 Å². The molecule has 174 valence electrons. The number of benzene rings is 3. The molecule has 0 saturated carbocycles. The van der Waals surface area contributed by atoms with Crippen molar-refractivity contribution in [2.75, 3.05) is 19.8 Å². The number of aryl methyl sites for hydroxylation is 1.